The number of rotatable bonds is 3. The van der Waals surface area contributed by atoms with Crippen LogP contribution in [0.5, 0.6) is 0 Å². The molecule has 2 unspecified atom stereocenters. The summed E-state index contributed by atoms with van der Waals surface area (Å²) in [6, 6.07) is 2.46. The molecule has 0 bridgehead atoms. The molecule has 0 spiro atoms. The van der Waals surface area contributed by atoms with Gasteiger partial charge in [0.1, 0.15) is 5.76 Å². The Morgan fingerprint density at radius 2 is 2.20 bits per heavy atom. The summed E-state index contributed by atoms with van der Waals surface area (Å²) in [5.74, 6) is -2.33. The van der Waals surface area contributed by atoms with Crippen molar-refractivity contribution in [2.24, 2.45) is 5.92 Å². The zero-order valence-electron chi connectivity index (χ0n) is 11.0. The summed E-state index contributed by atoms with van der Waals surface area (Å²) in [5, 5.41) is 8.78. The summed E-state index contributed by atoms with van der Waals surface area (Å²) < 4.78 is 43.4. The average Bonchev–Trinajstić information content (AvgIpc) is 2.87. The van der Waals surface area contributed by atoms with Crippen LogP contribution in [0.4, 0.5) is 13.2 Å². The number of carbonyl (C=O) groups is 1. The number of alkyl halides is 3. The van der Waals surface area contributed by atoms with Crippen LogP contribution >= 0.6 is 0 Å². The molecule has 1 aromatic rings. The third-order valence-electron chi connectivity index (χ3n) is 3.71. The molecule has 1 saturated heterocycles. The number of hydrogen-bond acceptors (Lipinski definition) is 3. The van der Waals surface area contributed by atoms with Crippen LogP contribution in [-0.4, -0.2) is 35.2 Å². The van der Waals surface area contributed by atoms with Gasteiger partial charge in [-0.3, -0.25) is 4.90 Å². The zero-order valence-corrected chi connectivity index (χ0v) is 11.0. The van der Waals surface area contributed by atoms with E-state index in [-0.39, 0.29) is 24.8 Å². The van der Waals surface area contributed by atoms with Crippen molar-refractivity contribution in [1.82, 2.24) is 4.90 Å². The number of likely N-dealkylation sites (tertiary alicyclic amines) is 1. The molecule has 1 aliphatic rings. The Balaban J connectivity index is 2.08. The molecular weight excluding hydrogens is 275 g/mol. The number of piperidine rings is 1. The van der Waals surface area contributed by atoms with Gasteiger partial charge in [0.2, 0.25) is 5.76 Å². The van der Waals surface area contributed by atoms with E-state index in [1.54, 1.807) is 11.8 Å². The lowest BCUT2D eigenvalue weighted by molar-refractivity contribution is -0.188. The van der Waals surface area contributed by atoms with Crippen LogP contribution in [0, 0.1) is 5.92 Å². The minimum atomic E-state index is -4.19. The Morgan fingerprint density at radius 3 is 2.75 bits per heavy atom. The van der Waals surface area contributed by atoms with E-state index in [2.05, 4.69) is 0 Å². The first kappa shape index (κ1) is 14.9. The van der Waals surface area contributed by atoms with Crippen LogP contribution in [0.1, 0.15) is 42.1 Å². The zero-order chi connectivity index (χ0) is 14.9. The first-order valence-corrected chi connectivity index (χ1v) is 6.43. The topological polar surface area (TPSA) is 53.7 Å². The average molecular weight is 291 g/mol. The highest BCUT2D eigenvalue weighted by Gasteiger charge is 2.42. The maximum atomic E-state index is 12.8. The molecule has 1 aliphatic heterocycles. The van der Waals surface area contributed by atoms with Crippen LogP contribution in [-0.2, 0) is 0 Å². The first-order chi connectivity index (χ1) is 9.29. The fourth-order valence-corrected chi connectivity index (χ4v) is 2.50. The second kappa shape index (κ2) is 5.47. The van der Waals surface area contributed by atoms with Crippen molar-refractivity contribution < 1.29 is 27.5 Å². The van der Waals surface area contributed by atoms with Gasteiger partial charge in [-0.1, -0.05) is 0 Å². The lowest BCUT2D eigenvalue weighted by Crippen LogP contribution is -2.42. The fourth-order valence-electron chi connectivity index (χ4n) is 2.50. The van der Waals surface area contributed by atoms with E-state index in [1.807, 2.05) is 0 Å². The van der Waals surface area contributed by atoms with Gasteiger partial charge in [0.25, 0.3) is 0 Å². The standard InChI is InChI=1S/C13H16F3NO3/c1-8(10-4-5-11(20-10)12(18)19)17-6-2-3-9(7-17)13(14,15)16/h4-5,8-9H,2-3,6-7H2,1H3,(H,18,19). The van der Waals surface area contributed by atoms with Crippen molar-refractivity contribution in [3.05, 3.63) is 23.7 Å². The van der Waals surface area contributed by atoms with Gasteiger partial charge in [0.05, 0.1) is 12.0 Å². The van der Waals surface area contributed by atoms with Crippen LogP contribution in [0.25, 0.3) is 0 Å². The smallest absolute Gasteiger partial charge is 0.393 e. The van der Waals surface area contributed by atoms with Crippen LogP contribution in [0.3, 0.4) is 0 Å². The Morgan fingerprint density at radius 1 is 1.50 bits per heavy atom. The molecule has 4 nitrogen and oxygen atoms in total. The Labute approximate surface area is 114 Å². The SMILES string of the molecule is CC(c1ccc(C(=O)O)o1)N1CCCC(C(F)(F)F)C1. The highest BCUT2D eigenvalue weighted by Crippen LogP contribution is 2.36. The third-order valence-corrected chi connectivity index (χ3v) is 3.71. The number of carboxylic acid groups (broad SMARTS) is 1. The molecule has 1 N–H and O–H groups in total. The molecule has 2 rings (SSSR count). The predicted molar refractivity (Wildman–Crippen MR) is 64.4 cm³/mol. The number of nitrogens with zero attached hydrogens (tertiary/aromatic N) is 1. The van der Waals surface area contributed by atoms with Crippen molar-refractivity contribution >= 4 is 5.97 Å². The largest absolute Gasteiger partial charge is 0.475 e. The summed E-state index contributed by atoms with van der Waals surface area (Å²) in [6.07, 6.45) is -3.57. The highest BCUT2D eigenvalue weighted by molar-refractivity contribution is 5.84. The lowest BCUT2D eigenvalue weighted by Gasteiger charge is -2.36. The van der Waals surface area contributed by atoms with Gasteiger partial charge in [-0.15, -0.1) is 0 Å². The van der Waals surface area contributed by atoms with Gasteiger partial charge in [0, 0.05) is 6.54 Å². The number of hydrogen-bond donors (Lipinski definition) is 1. The van der Waals surface area contributed by atoms with Crippen LogP contribution < -0.4 is 0 Å². The van der Waals surface area contributed by atoms with E-state index in [4.69, 9.17) is 9.52 Å². The Kier molecular flexibility index (Phi) is 4.08. The molecule has 112 valence electrons. The normalized spacial score (nSPS) is 22.7. The molecule has 20 heavy (non-hydrogen) atoms. The predicted octanol–water partition coefficient (Wildman–Crippen LogP) is 3.31. The molecular formula is C13H16F3NO3. The van der Waals surface area contributed by atoms with E-state index in [1.165, 1.54) is 12.1 Å². The monoisotopic (exact) mass is 291 g/mol. The minimum absolute atomic E-state index is 0.0756. The van der Waals surface area contributed by atoms with Gasteiger partial charge in [-0.25, -0.2) is 4.79 Å². The summed E-state index contributed by atoms with van der Waals surface area (Å²) in [6.45, 7) is 2.20. The number of carboxylic acids is 1. The van der Waals surface area contributed by atoms with E-state index in [9.17, 15) is 18.0 Å². The minimum Gasteiger partial charge on any atom is -0.475 e. The molecule has 0 aromatic carbocycles. The molecule has 1 fully saturated rings. The molecule has 0 saturated carbocycles. The van der Waals surface area contributed by atoms with E-state index >= 15 is 0 Å². The van der Waals surface area contributed by atoms with E-state index in [0.717, 1.165) is 0 Å². The molecule has 1 aromatic heterocycles. The lowest BCUT2D eigenvalue weighted by atomic mass is 9.96. The molecule has 2 atom stereocenters. The van der Waals surface area contributed by atoms with Crippen LogP contribution in [0.2, 0.25) is 0 Å². The van der Waals surface area contributed by atoms with Crippen molar-refractivity contribution in [3.63, 3.8) is 0 Å². The summed E-state index contributed by atoms with van der Waals surface area (Å²) >= 11 is 0. The van der Waals surface area contributed by atoms with Gasteiger partial charge in [-0.2, -0.15) is 13.2 Å². The molecule has 0 amide bonds. The summed E-state index contributed by atoms with van der Waals surface area (Å²) in [5.41, 5.74) is 0. The van der Waals surface area contributed by atoms with Crippen molar-refractivity contribution in [2.45, 2.75) is 32.0 Å². The fraction of sp³-hybridized carbons (Fsp3) is 0.615. The van der Waals surface area contributed by atoms with E-state index in [0.29, 0.717) is 18.7 Å². The molecule has 2 heterocycles. The van der Waals surface area contributed by atoms with Crippen molar-refractivity contribution in [2.75, 3.05) is 13.1 Å². The van der Waals surface area contributed by atoms with Crippen LogP contribution in [0.15, 0.2) is 16.5 Å². The number of halogens is 3. The van der Waals surface area contributed by atoms with Gasteiger partial charge in [0.15, 0.2) is 0 Å². The summed E-state index contributed by atoms with van der Waals surface area (Å²) in [4.78, 5) is 12.4. The number of furan rings is 1. The van der Waals surface area contributed by atoms with Gasteiger partial charge < -0.3 is 9.52 Å². The highest BCUT2D eigenvalue weighted by atomic mass is 19.4. The molecule has 0 aliphatic carbocycles. The maximum Gasteiger partial charge on any atom is 0.393 e. The second-order valence-electron chi connectivity index (χ2n) is 5.06. The number of aromatic carboxylic acids is 1. The second-order valence-corrected chi connectivity index (χ2v) is 5.06. The molecule has 0 radical (unpaired) electrons. The Hall–Kier alpha value is -1.50. The molecule has 7 heteroatoms. The van der Waals surface area contributed by atoms with Gasteiger partial charge >= 0.3 is 12.1 Å². The van der Waals surface area contributed by atoms with Gasteiger partial charge in [-0.05, 0) is 38.4 Å². The first-order valence-electron chi connectivity index (χ1n) is 6.43. The Bertz CT molecular complexity index is 483. The maximum absolute atomic E-state index is 12.8. The van der Waals surface area contributed by atoms with Crippen molar-refractivity contribution in [3.8, 4) is 0 Å². The van der Waals surface area contributed by atoms with E-state index < -0.39 is 18.1 Å². The summed E-state index contributed by atoms with van der Waals surface area (Å²) in [7, 11) is 0. The van der Waals surface area contributed by atoms with Crippen molar-refractivity contribution in [1.29, 1.82) is 0 Å². The third kappa shape index (κ3) is 3.15. The quantitative estimate of drug-likeness (QED) is 0.928.